The fraction of sp³-hybridized carbons (Fsp3) is 0.100. The van der Waals surface area contributed by atoms with Crippen molar-refractivity contribution in [1.82, 2.24) is 14.8 Å². The normalized spacial score (nSPS) is 10.1. The molecular weight excluding hydrogens is 286 g/mol. The highest BCUT2D eigenvalue weighted by Gasteiger charge is 2.22. The summed E-state index contributed by atoms with van der Waals surface area (Å²) >= 11 is 0. The Morgan fingerprint density at radius 3 is 2.57 bits per heavy atom. The smallest absolute Gasteiger partial charge is 0.377 e. The Hall–Kier alpha value is -3.37. The maximum Gasteiger partial charge on any atom is 0.377 e. The molecule has 11 nitrogen and oxygen atoms in total. The van der Waals surface area contributed by atoms with E-state index in [1.54, 1.807) is 0 Å². The summed E-state index contributed by atoms with van der Waals surface area (Å²) < 4.78 is 5.38. The van der Waals surface area contributed by atoms with Gasteiger partial charge in [-0.15, -0.1) is 5.10 Å². The van der Waals surface area contributed by atoms with Gasteiger partial charge in [0.15, 0.2) is 0 Å². The molecule has 0 saturated heterocycles. The highest BCUT2D eigenvalue weighted by Crippen LogP contribution is 2.27. The van der Waals surface area contributed by atoms with Crippen molar-refractivity contribution in [2.75, 3.05) is 7.11 Å². The topological polar surface area (TPSA) is 143 Å². The molecule has 1 aromatic heterocycles. The van der Waals surface area contributed by atoms with Gasteiger partial charge in [-0.05, 0) is 6.07 Å². The number of carbonyl (C=O) groups excluding carboxylic acids is 1. The van der Waals surface area contributed by atoms with Gasteiger partial charge in [-0.1, -0.05) is 0 Å². The number of benzene rings is 1. The first-order valence-corrected chi connectivity index (χ1v) is 5.37. The highest BCUT2D eigenvalue weighted by molar-refractivity contribution is 5.84. The van der Waals surface area contributed by atoms with Gasteiger partial charge in [0.25, 0.3) is 11.5 Å². The molecule has 108 valence electrons. The molecule has 2 rings (SSSR count). The summed E-state index contributed by atoms with van der Waals surface area (Å²) in [5.41, 5.74) is -1.03. The predicted octanol–water partition coefficient (Wildman–Crippen LogP) is 0.870. The lowest BCUT2D eigenvalue weighted by Gasteiger charge is -2.01. The van der Waals surface area contributed by atoms with E-state index in [-0.39, 0.29) is 11.5 Å². The van der Waals surface area contributed by atoms with Crippen LogP contribution in [0, 0.1) is 20.2 Å². The molecule has 1 heterocycles. The maximum atomic E-state index is 11.2. The Morgan fingerprint density at radius 2 is 2.00 bits per heavy atom. The van der Waals surface area contributed by atoms with Gasteiger partial charge in [0, 0.05) is 6.07 Å². The first kappa shape index (κ1) is 14.0. The average Bonchev–Trinajstić information content (AvgIpc) is 2.95. The van der Waals surface area contributed by atoms with Gasteiger partial charge in [-0.25, -0.2) is 14.5 Å². The van der Waals surface area contributed by atoms with Crippen molar-refractivity contribution in [3.63, 3.8) is 0 Å². The summed E-state index contributed by atoms with van der Waals surface area (Å²) in [4.78, 5) is 35.0. The van der Waals surface area contributed by atoms with Crippen LogP contribution in [-0.4, -0.2) is 37.7 Å². The van der Waals surface area contributed by atoms with Crippen molar-refractivity contribution in [2.24, 2.45) is 0 Å². The van der Waals surface area contributed by atoms with E-state index >= 15 is 0 Å². The molecule has 11 heteroatoms. The number of nitrogens with zero attached hydrogens (tertiary/aromatic N) is 5. The molecule has 0 aliphatic carbocycles. The molecule has 0 radical (unpaired) electrons. The molecule has 0 atom stereocenters. The van der Waals surface area contributed by atoms with E-state index < -0.39 is 27.2 Å². The number of ether oxygens (including phenoxy) is 1. The Labute approximate surface area is 116 Å². The zero-order valence-corrected chi connectivity index (χ0v) is 10.5. The number of esters is 1. The minimum atomic E-state index is -0.807. The fourth-order valence-corrected chi connectivity index (χ4v) is 1.53. The van der Waals surface area contributed by atoms with Gasteiger partial charge in [-0.2, -0.15) is 0 Å². The number of aromatic nitrogens is 3. The van der Waals surface area contributed by atoms with Crippen LogP contribution < -0.4 is 0 Å². The van der Waals surface area contributed by atoms with Gasteiger partial charge in [0.1, 0.15) is 12.0 Å². The van der Waals surface area contributed by atoms with Gasteiger partial charge >= 0.3 is 11.7 Å². The van der Waals surface area contributed by atoms with Gasteiger partial charge < -0.3 is 4.74 Å². The zero-order valence-electron chi connectivity index (χ0n) is 10.5. The van der Waals surface area contributed by atoms with E-state index in [4.69, 9.17) is 0 Å². The Morgan fingerprint density at radius 1 is 1.29 bits per heavy atom. The van der Waals surface area contributed by atoms with Crippen molar-refractivity contribution in [2.45, 2.75) is 0 Å². The van der Waals surface area contributed by atoms with E-state index in [0.717, 1.165) is 36.3 Å². The van der Waals surface area contributed by atoms with Crippen molar-refractivity contribution < 1.29 is 19.4 Å². The number of rotatable bonds is 4. The summed E-state index contributed by atoms with van der Waals surface area (Å²) in [5.74, 6) is -1.09. The van der Waals surface area contributed by atoms with Crippen LogP contribution in [0.3, 0.4) is 0 Å². The monoisotopic (exact) mass is 293 g/mol. The second-order valence-corrected chi connectivity index (χ2v) is 3.69. The van der Waals surface area contributed by atoms with Crippen molar-refractivity contribution in [1.29, 1.82) is 0 Å². The second-order valence-electron chi connectivity index (χ2n) is 3.69. The molecular formula is C10H7N5O6. The van der Waals surface area contributed by atoms with E-state index in [1.165, 1.54) is 0 Å². The molecule has 0 aliphatic heterocycles. The number of nitro groups is 2. The number of methoxy groups -OCH3 is 1. The van der Waals surface area contributed by atoms with Crippen molar-refractivity contribution >= 4 is 17.3 Å². The van der Waals surface area contributed by atoms with Crippen LogP contribution in [0.15, 0.2) is 24.5 Å². The summed E-state index contributed by atoms with van der Waals surface area (Å²) in [6.07, 6.45) is 1.07. The summed E-state index contributed by atoms with van der Waals surface area (Å²) in [6.45, 7) is 0. The molecule has 0 amide bonds. The van der Waals surface area contributed by atoms with Gasteiger partial charge in [0.05, 0.1) is 23.0 Å². The van der Waals surface area contributed by atoms with Crippen LogP contribution in [0.5, 0.6) is 0 Å². The van der Waals surface area contributed by atoms with E-state index in [2.05, 4.69) is 14.8 Å². The zero-order chi connectivity index (χ0) is 15.6. The number of carbonyl (C=O) groups is 1. The van der Waals surface area contributed by atoms with Crippen LogP contribution in [0.2, 0.25) is 0 Å². The summed E-state index contributed by atoms with van der Waals surface area (Å²) in [6, 6.07) is 3.03. The number of nitro benzene ring substituents is 2. The molecule has 0 spiro atoms. The minimum Gasteiger partial charge on any atom is -0.463 e. The molecule has 0 fully saturated rings. The third kappa shape index (κ3) is 2.65. The number of non-ortho nitro benzene ring substituents is 1. The first-order chi connectivity index (χ1) is 9.93. The Kier molecular flexibility index (Phi) is 3.56. The summed E-state index contributed by atoms with van der Waals surface area (Å²) in [7, 11) is 1.14. The van der Waals surface area contributed by atoms with Gasteiger partial charge in [-0.3, -0.25) is 20.2 Å². The Bertz CT molecular complexity index is 739. The lowest BCUT2D eigenvalue weighted by atomic mass is 10.2. The molecule has 21 heavy (non-hydrogen) atoms. The molecule has 2 aromatic rings. The lowest BCUT2D eigenvalue weighted by Crippen LogP contribution is -2.06. The number of hydrogen-bond acceptors (Lipinski definition) is 8. The Balaban J connectivity index is 2.53. The van der Waals surface area contributed by atoms with Crippen LogP contribution in [-0.2, 0) is 4.74 Å². The van der Waals surface area contributed by atoms with E-state index in [9.17, 15) is 25.0 Å². The SMILES string of the molecule is COC(=O)c1ncn(-c2ccc([N+](=O)[O-])cc2[N+](=O)[O-])n1. The molecule has 0 saturated carbocycles. The predicted molar refractivity (Wildman–Crippen MR) is 66.0 cm³/mol. The van der Waals surface area contributed by atoms with Crippen LogP contribution in [0.4, 0.5) is 11.4 Å². The number of hydrogen-bond donors (Lipinski definition) is 0. The molecule has 0 unspecified atom stereocenters. The van der Waals surface area contributed by atoms with Crippen molar-refractivity contribution in [3.8, 4) is 5.69 Å². The fourth-order valence-electron chi connectivity index (χ4n) is 1.53. The third-order valence-electron chi connectivity index (χ3n) is 2.47. The molecule has 0 bridgehead atoms. The molecule has 0 N–H and O–H groups in total. The maximum absolute atomic E-state index is 11.2. The quantitative estimate of drug-likeness (QED) is 0.458. The summed E-state index contributed by atoms with van der Waals surface area (Å²) in [5, 5.41) is 25.4. The van der Waals surface area contributed by atoms with Gasteiger partial charge in [0.2, 0.25) is 0 Å². The molecule has 0 aliphatic rings. The van der Waals surface area contributed by atoms with E-state index in [0.29, 0.717) is 0 Å². The standard InChI is InChI=1S/C10H7N5O6/c1-21-10(16)9-11-5-13(12-9)7-3-2-6(14(17)18)4-8(7)15(19)20/h2-5H,1H3. The minimum absolute atomic E-state index is 0.0618. The second kappa shape index (κ2) is 5.32. The molecule has 1 aromatic carbocycles. The highest BCUT2D eigenvalue weighted by atomic mass is 16.6. The third-order valence-corrected chi connectivity index (χ3v) is 2.47. The first-order valence-electron chi connectivity index (χ1n) is 5.37. The lowest BCUT2D eigenvalue weighted by molar-refractivity contribution is -0.394. The largest absolute Gasteiger partial charge is 0.463 e. The van der Waals surface area contributed by atoms with E-state index in [1.807, 2.05) is 0 Å². The van der Waals surface area contributed by atoms with Crippen LogP contribution in [0.1, 0.15) is 10.6 Å². The van der Waals surface area contributed by atoms with Crippen LogP contribution >= 0.6 is 0 Å². The average molecular weight is 293 g/mol. The van der Waals surface area contributed by atoms with Crippen molar-refractivity contribution in [3.05, 3.63) is 50.6 Å². The van der Waals surface area contributed by atoms with Crippen LogP contribution in [0.25, 0.3) is 5.69 Å².